The molecule has 6 aromatic rings. The Kier molecular flexibility index (Phi) is 11.1. The molecule has 0 unspecified atom stereocenters. The van der Waals surface area contributed by atoms with Gasteiger partial charge >= 0.3 is 5.97 Å². The standard InChI is InChI=1S/C17H14ClN3O2.C16H14ClN3O.C10H2.2H2/c1-23-16(22)12-8-19-17(18)20-14(12)13-9-21-7-3-5-10-4-2-6-11(13)15(10)21;17-16-18-7-11(9-21)14(19-16)13-8-20-6-2-4-10-3-1-5-12(13)15(10)20;1-3-5-7-9-10-8-6-4-2;;/h2,4,6,8-9H,3,5,7H2,1H3;1,3,5,7-8,21H,2,4,6,9H2;1-2H;2*1H/i;;;2*1+1D. The third kappa shape index (κ3) is 7.94. The number of aryl methyl sites for hydroxylation is 4. The van der Waals surface area contributed by atoms with Gasteiger partial charge in [-0.1, -0.05) is 36.4 Å². The first-order valence-electron chi connectivity index (χ1n) is 18.7. The number of rotatable bonds is 4. The van der Waals surface area contributed by atoms with Crippen LogP contribution < -0.4 is 0 Å². The zero-order valence-corrected chi connectivity index (χ0v) is 30.6. The van der Waals surface area contributed by atoms with E-state index in [0.717, 1.165) is 66.4 Å². The van der Waals surface area contributed by atoms with Crippen LogP contribution in [0.1, 0.15) is 45.8 Å². The minimum Gasteiger partial charge on any atom is -0.465 e. The zero-order chi connectivity index (χ0) is 42.0. The molecule has 8 rings (SSSR count). The summed E-state index contributed by atoms with van der Waals surface area (Å²) in [5.41, 5.74) is 9.33. The molecule has 54 heavy (non-hydrogen) atoms. The van der Waals surface area contributed by atoms with Gasteiger partial charge in [0.1, 0.15) is 5.56 Å². The van der Waals surface area contributed by atoms with Crippen LogP contribution in [0.5, 0.6) is 0 Å². The molecule has 4 aromatic heterocycles. The second-order valence-electron chi connectivity index (χ2n) is 11.9. The predicted molar refractivity (Wildman–Crippen MR) is 215 cm³/mol. The normalized spacial score (nSPS) is 12.0. The molecule has 0 fully saturated rings. The molecule has 2 aromatic carbocycles. The Balaban J connectivity index is 0.000000197. The highest BCUT2D eigenvalue weighted by Crippen LogP contribution is 2.37. The molecule has 2 aliphatic heterocycles. The lowest BCUT2D eigenvalue weighted by Crippen LogP contribution is -2.06. The van der Waals surface area contributed by atoms with Gasteiger partial charge in [-0.15, -0.1) is 12.8 Å². The van der Waals surface area contributed by atoms with Gasteiger partial charge in [-0.2, -0.15) is 0 Å². The number of aliphatic hydroxyl groups is 1. The smallest absolute Gasteiger partial charge is 0.341 e. The third-order valence-electron chi connectivity index (χ3n) is 8.79. The number of methoxy groups -OCH3 is 1. The number of hydrogen-bond acceptors (Lipinski definition) is 7. The molecular formula is C43H34Cl2N6O3. The summed E-state index contributed by atoms with van der Waals surface area (Å²) in [4.78, 5) is 28.6. The first kappa shape index (κ1) is 34.6. The highest BCUT2D eigenvalue weighted by Gasteiger charge is 2.23. The van der Waals surface area contributed by atoms with E-state index in [1.807, 2.05) is 18.3 Å². The average Bonchev–Trinajstić information content (AvgIpc) is 3.84. The van der Waals surface area contributed by atoms with Crippen LogP contribution in [0.3, 0.4) is 0 Å². The molecule has 0 aliphatic carbocycles. The number of para-hydroxylation sites is 2. The fourth-order valence-corrected chi connectivity index (χ4v) is 6.91. The van der Waals surface area contributed by atoms with E-state index in [1.54, 1.807) is 6.20 Å². The summed E-state index contributed by atoms with van der Waals surface area (Å²) in [6.45, 7) is 1.87. The monoisotopic (exact) mass is 756 g/mol. The van der Waals surface area contributed by atoms with E-state index >= 15 is 0 Å². The van der Waals surface area contributed by atoms with Crippen molar-refractivity contribution >= 4 is 51.0 Å². The number of aromatic nitrogens is 6. The van der Waals surface area contributed by atoms with E-state index in [-0.39, 0.29) is 17.2 Å². The maximum Gasteiger partial charge on any atom is 0.341 e. The number of nitrogens with zero attached hydrogens (tertiary/aromatic N) is 6. The van der Waals surface area contributed by atoms with E-state index in [0.29, 0.717) is 16.8 Å². The van der Waals surface area contributed by atoms with E-state index in [4.69, 9.17) is 46.7 Å². The largest absolute Gasteiger partial charge is 0.465 e. The van der Waals surface area contributed by atoms with Gasteiger partial charge in [0.25, 0.3) is 0 Å². The second-order valence-corrected chi connectivity index (χ2v) is 12.6. The number of hydrogen-bond donors (Lipinski definition) is 1. The summed E-state index contributed by atoms with van der Waals surface area (Å²) in [5, 5.41) is 12.1. The number of terminal acetylenes is 2. The molecule has 0 bridgehead atoms. The first-order chi connectivity index (χ1) is 28.4. The van der Waals surface area contributed by atoms with Gasteiger partial charge in [-0.25, -0.2) is 24.7 Å². The highest BCUT2D eigenvalue weighted by molar-refractivity contribution is 6.28. The number of ether oxygens (including phenoxy) is 1. The van der Waals surface area contributed by atoms with Crippen molar-refractivity contribution in [3.8, 4) is 82.7 Å². The molecule has 0 radical (unpaired) electrons. The summed E-state index contributed by atoms with van der Waals surface area (Å²) < 4.78 is 29.4. The Morgan fingerprint density at radius 2 is 1.31 bits per heavy atom. The van der Waals surface area contributed by atoms with Crippen molar-refractivity contribution in [1.29, 1.82) is 0 Å². The van der Waals surface area contributed by atoms with Gasteiger partial charge in [0.2, 0.25) is 10.6 Å². The molecule has 0 amide bonds. The molecule has 9 nitrogen and oxygen atoms in total. The Morgan fingerprint density at radius 3 is 1.83 bits per heavy atom. The number of halogens is 2. The maximum atomic E-state index is 12.1. The van der Waals surface area contributed by atoms with Crippen molar-refractivity contribution in [2.24, 2.45) is 0 Å². The molecule has 0 saturated carbocycles. The molecule has 0 atom stereocenters. The Labute approximate surface area is 328 Å². The van der Waals surface area contributed by atoms with Crippen molar-refractivity contribution in [2.75, 3.05) is 7.11 Å². The molecule has 2 aliphatic rings. The van der Waals surface area contributed by atoms with Crippen LogP contribution >= 0.6 is 23.2 Å². The van der Waals surface area contributed by atoms with Crippen LogP contribution in [-0.2, 0) is 37.3 Å². The van der Waals surface area contributed by atoms with E-state index in [9.17, 15) is 9.90 Å². The number of carbonyl (C=O) groups is 1. The van der Waals surface area contributed by atoms with Gasteiger partial charge in [0.05, 0.1) is 36.1 Å². The van der Waals surface area contributed by atoms with Crippen LogP contribution in [0.25, 0.3) is 44.3 Å². The van der Waals surface area contributed by atoms with Gasteiger partial charge in [0, 0.05) is 71.3 Å². The second kappa shape index (κ2) is 17.3. The third-order valence-corrected chi connectivity index (χ3v) is 9.16. The van der Waals surface area contributed by atoms with Crippen molar-refractivity contribution < 1.29 is 20.6 Å². The maximum absolute atomic E-state index is 12.1. The molecule has 6 heterocycles. The summed E-state index contributed by atoms with van der Waals surface area (Å²) in [5.74, 6) is 17.9. The topological polar surface area (TPSA) is 108 Å². The van der Waals surface area contributed by atoms with Crippen LogP contribution in [0.2, 0.25) is 10.6 Å². The van der Waals surface area contributed by atoms with Crippen LogP contribution in [0.15, 0.2) is 61.2 Å². The van der Waals surface area contributed by atoms with Crippen molar-refractivity contribution in [3.05, 3.63) is 94.0 Å². The number of esters is 1. The highest BCUT2D eigenvalue weighted by atomic mass is 35.5. The molecular weight excluding hydrogens is 719 g/mol. The van der Waals surface area contributed by atoms with Crippen LogP contribution in [0.4, 0.5) is 0 Å². The molecule has 11 heteroatoms. The minimum absolute atomic E-state index is 0.0983. The van der Waals surface area contributed by atoms with Crippen LogP contribution in [-0.4, -0.2) is 47.3 Å². The summed E-state index contributed by atoms with van der Waals surface area (Å²) in [6.07, 6.45) is 21.2. The first-order valence-corrected chi connectivity index (χ1v) is 17.5. The van der Waals surface area contributed by atoms with E-state index < -0.39 is 5.97 Å². The molecule has 0 saturated heterocycles. The van der Waals surface area contributed by atoms with Crippen LogP contribution in [0, 0.1) is 60.2 Å². The molecule has 1 N–H and O–H groups in total. The van der Waals surface area contributed by atoms with Gasteiger partial charge < -0.3 is 19.0 Å². The zero-order valence-electron chi connectivity index (χ0n) is 33.1. The minimum atomic E-state index is -0.469. The summed E-state index contributed by atoms with van der Waals surface area (Å²) in [6, 6.07) is 12.6. The lowest BCUT2D eigenvalue weighted by atomic mass is 10.0. The quantitative estimate of drug-likeness (QED) is 0.113. The lowest BCUT2D eigenvalue weighted by Gasteiger charge is -2.14. The summed E-state index contributed by atoms with van der Waals surface area (Å²) in [7, 11) is 1.34. The Morgan fingerprint density at radius 1 is 0.815 bits per heavy atom. The predicted octanol–water partition coefficient (Wildman–Crippen LogP) is 7.43. The average molecular weight is 758 g/mol. The Hall–Kier alpha value is -6.51. The Bertz CT molecular complexity index is 2680. The summed E-state index contributed by atoms with van der Waals surface area (Å²) >= 11 is 11.9. The van der Waals surface area contributed by atoms with Crippen molar-refractivity contribution in [3.63, 3.8) is 0 Å². The SMILES string of the molecule is C#CC#CC#CC#CC#C.COC(=O)c1cnc(Cl)nc1-c1cn2c3c(cccc13)CCC2.OCc1cnc(Cl)nc1-c1cn2c3c(cccc13)CCC2.[2H][2H].[2H][2H]. The van der Waals surface area contributed by atoms with Crippen molar-refractivity contribution in [1.82, 2.24) is 29.1 Å². The fourth-order valence-electron chi connectivity index (χ4n) is 6.65. The molecule has 268 valence electrons. The lowest BCUT2D eigenvalue weighted by molar-refractivity contribution is 0.0600. The fraction of sp³-hybridized carbons (Fsp3) is 0.186. The number of aliphatic hydroxyl groups excluding tert-OH is 1. The van der Waals surface area contributed by atoms with E-state index in [2.05, 4.69) is 107 Å². The van der Waals surface area contributed by atoms with Gasteiger partial charge in [0.15, 0.2) is 0 Å². The van der Waals surface area contributed by atoms with Gasteiger partial charge in [-0.05, 0) is 107 Å². The molecule has 0 spiro atoms. The van der Waals surface area contributed by atoms with Crippen molar-refractivity contribution in [2.45, 2.75) is 45.4 Å². The van der Waals surface area contributed by atoms with E-state index in [1.165, 1.54) is 35.5 Å². The van der Waals surface area contributed by atoms with Gasteiger partial charge in [-0.3, -0.25) is 0 Å². The number of benzene rings is 2. The number of carbonyl (C=O) groups excluding carboxylic acids is 1.